The Kier molecular flexibility index (Phi) is 5.44. The van der Waals surface area contributed by atoms with Gasteiger partial charge in [0.2, 0.25) is 0 Å². The van der Waals surface area contributed by atoms with Crippen LogP contribution >= 0.6 is 27.3 Å². The first-order valence-electron chi connectivity index (χ1n) is 5.60. The molecule has 0 aliphatic heterocycles. The second kappa shape index (κ2) is 6.15. The Morgan fingerprint density at radius 1 is 1.56 bits per heavy atom. The van der Waals surface area contributed by atoms with Gasteiger partial charge in [0.15, 0.2) is 0 Å². The molecule has 2 N–H and O–H groups in total. The third-order valence-electron chi connectivity index (χ3n) is 3.07. The van der Waals surface area contributed by atoms with E-state index in [2.05, 4.69) is 53.2 Å². The van der Waals surface area contributed by atoms with Crippen LogP contribution in [-0.2, 0) is 6.54 Å². The zero-order valence-corrected chi connectivity index (χ0v) is 12.7. The summed E-state index contributed by atoms with van der Waals surface area (Å²) in [4.78, 5) is 2.35. The van der Waals surface area contributed by atoms with Crippen molar-refractivity contribution in [1.82, 2.24) is 4.90 Å². The summed E-state index contributed by atoms with van der Waals surface area (Å²) < 4.78 is 1.20. The summed E-state index contributed by atoms with van der Waals surface area (Å²) in [5, 5.41) is 2.20. The average Bonchev–Trinajstić information content (AvgIpc) is 2.63. The highest BCUT2D eigenvalue weighted by Gasteiger charge is 2.22. The van der Waals surface area contributed by atoms with Gasteiger partial charge in [-0.25, -0.2) is 0 Å². The lowest BCUT2D eigenvalue weighted by atomic mass is 9.87. The quantitative estimate of drug-likeness (QED) is 0.873. The number of hydrogen-bond donors (Lipinski definition) is 1. The zero-order chi connectivity index (χ0) is 12.2. The molecule has 0 fully saturated rings. The summed E-state index contributed by atoms with van der Waals surface area (Å²) in [7, 11) is 2.16. The van der Waals surface area contributed by atoms with Crippen molar-refractivity contribution in [2.24, 2.45) is 11.1 Å². The van der Waals surface area contributed by atoms with E-state index in [-0.39, 0.29) is 5.41 Å². The summed E-state index contributed by atoms with van der Waals surface area (Å²) in [6.07, 6.45) is 1.13. The van der Waals surface area contributed by atoms with Gasteiger partial charge in [-0.3, -0.25) is 0 Å². The molecule has 0 aliphatic rings. The van der Waals surface area contributed by atoms with E-state index in [4.69, 9.17) is 5.73 Å². The highest BCUT2D eigenvalue weighted by atomic mass is 79.9. The van der Waals surface area contributed by atoms with Gasteiger partial charge in [0.25, 0.3) is 0 Å². The molecule has 1 heterocycles. The molecule has 0 saturated heterocycles. The molecule has 0 amide bonds. The molecule has 1 rings (SSSR count). The number of nitrogens with two attached hydrogens (primary N) is 1. The third kappa shape index (κ3) is 4.17. The maximum Gasteiger partial charge on any atom is 0.0701 e. The summed E-state index contributed by atoms with van der Waals surface area (Å²) in [6, 6.07) is 2.19. The SMILES string of the molecule is CCC(C)(CN)CN(C)Cc1csc(Br)c1. The molecule has 1 unspecified atom stereocenters. The molecular weight excluding hydrogens is 284 g/mol. The van der Waals surface area contributed by atoms with E-state index in [0.29, 0.717) is 0 Å². The van der Waals surface area contributed by atoms with E-state index in [1.165, 1.54) is 9.35 Å². The van der Waals surface area contributed by atoms with Crippen LogP contribution in [0.1, 0.15) is 25.8 Å². The number of thiophene rings is 1. The van der Waals surface area contributed by atoms with Crippen LogP contribution in [0.3, 0.4) is 0 Å². The zero-order valence-electron chi connectivity index (χ0n) is 10.3. The highest BCUT2D eigenvalue weighted by molar-refractivity contribution is 9.11. The van der Waals surface area contributed by atoms with Crippen molar-refractivity contribution in [3.05, 3.63) is 20.8 Å². The minimum atomic E-state index is 0.238. The number of rotatable bonds is 6. The van der Waals surface area contributed by atoms with E-state index in [1.807, 2.05) is 0 Å². The van der Waals surface area contributed by atoms with Gasteiger partial charge in [-0.1, -0.05) is 13.8 Å². The highest BCUT2D eigenvalue weighted by Crippen LogP contribution is 2.24. The molecule has 0 aromatic carbocycles. The fourth-order valence-corrected chi connectivity index (χ4v) is 2.97. The van der Waals surface area contributed by atoms with E-state index in [0.717, 1.165) is 26.1 Å². The normalized spacial score (nSPS) is 15.4. The summed E-state index contributed by atoms with van der Waals surface area (Å²) in [5.41, 5.74) is 7.44. The lowest BCUT2D eigenvalue weighted by Gasteiger charge is -2.31. The lowest BCUT2D eigenvalue weighted by Crippen LogP contribution is -2.38. The van der Waals surface area contributed by atoms with Gasteiger partial charge in [-0.15, -0.1) is 11.3 Å². The molecule has 4 heteroatoms. The molecule has 2 nitrogen and oxygen atoms in total. The van der Waals surface area contributed by atoms with Gasteiger partial charge in [0.05, 0.1) is 3.79 Å². The first-order valence-corrected chi connectivity index (χ1v) is 7.28. The Labute approximate surface area is 111 Å². The first-order chi connectivity index (χ1) is 7.49. The minimum Gasteiger partial charge on any atom is -0.330 e. The molecule has 0 radical (unpaired) electrons. The fraction of sp³-hybridized carbons (Fsp3) is 0.667. The molecule has 1 aromatic rings. The smallest absolute Gasteiger partial charge is 0.0701 e. The first kappa shape index (κ1) is 14.2. The van der Waals surface area contributed by atoms with Crippen LogP contribution in [0.4, 0.5) is 0 Å². The molecule has 0 spiro atoms. The maximum absolute atomic E-state index is 5.83. The summed E-state index contributed by atoms with van der Waals surface area (Å²) >= 11 is 5.23. The predicted octanol–water partition coefficient (Wildman–Crippen LogP) is 3.32. The van der Waals surface area contributed by atoms with Crippen LogP contribution in [0.15, 0.2) is 15.2 Å². The van der Waals surface area contributed by atoms with Crippen molar-refractivity contribution in [2.75, 3.05) is 20.1 Å². The number of halogens is 1. The molecule has 0 saturated carbocycles. The molecule has 0 aliphatic carbocycles. The van der Waals surface area contributed by atoms with Gasteiger partial charge >= 0.3 is 0 Å². The van der Waals surface area contributed by atoms with Crippen LogP contribution in [-0.4, -0.2) is 25.0 Å². The van der Waals surface area contributed by atoms with Crippen molar-refractivity contribution in [1.29, 1.82) is 0 Å². The Morgan fingerprint density at radius 3 is 2.69 bits per heavy atom. The maximum atomic E-state index is 5.83. The molecule has 1 aromatic heterocycles. The summed E-state index contributed by atoms with van der Waals surface area (Å²) in [5.74, 6) is 0. The van der Waals surface area contributed by atoms with Crippen molar-refractivity contribution < 1.29 is 0 Å². The minimum absolute atomic E-state index is 0.238. The Morgan fingerprint density at radius 2 is 2.25 bits per heavy atom. The predicted molar refractivity (Wildman–Crippen MR) is 75.8 cm³/mol. The van der Waals surface area contributed by atoms with Crippen molar-refractivity contribution in [2.45, 2.75) is 26.8 Å². The Bertz CT molecular complexity index is 321. The monoisotopic (exact) mass is 304 g/mol. The van der Waals surface area contributed by atoms with Crippen LogP contribution in [0.2, 0.25) is 0 Å². The Hall–Kier alpha value is 0.100. The van der Waals surface area contributed by atoms with Gasteiger partial charge in [-0.2, -0.15) is 0 Å². The van der Waals surface area contributed by atoms with E-state index < -0.39 is 0 Å². The molecule has 0 bridgehead atoms. The third-order valence-corrected chi connectivity index (χ3v) is 4.63. The van der Waals surface area contributed by atoms with Crippen molar-refractivity contribution in [3.8, 4) is 0 Å². The summed E-state index contributed by atoms with van der Waals surface area (Å²) in [6.45, 7) is 7.27. The van der Waals surface area contributed by atoms with Gasteiger partial charge in [0.1, 0.15) is 0 Å². The van der Waals surface area contributed by atoms with E-state index >= 15 is 0 Å². The average molecular weight is 305 g/mol. The standard InChI is InChI=1S/C12H21BrN2S/c1-4-12(2,8-14)9-15(3)6-10-5-11(13)16-7-10/h5,7H,4,6,8-9,14H2,1-3H3. The lowest BCUT2D eigenvalue weighted by molar-refractivity contribution is 0.187. The van der Waals surface area contributed by atoms with Gasteiger partial charge in [0, 0.05) is 13.1 Å². The molecule has 1 atom stereocenters. The van der Waals surface area contributed by atoms with E-state index in [9.17, 15) is 0 Å². The van der Waals surface area contributed by atoms with Crippen molar-refractivity contribution >= 4 is 27.3 Å². The number of nitrogens with zero attached hydrogens (tertiary/aromatic N) is 1. The fourth-order valence-electron chi connectivity index (χ4n) is 1.77. The van der Waals surface area contributed by atoms with Gasteiger partial charge in [-0.05, 0) is 58.4 Å². The van der Waals surface area contributed by atoms with E-state index in [1.54, 1.807) is 11.3 Å². The molecule has 16 heavy (non-hydrogen) atoms. The number of hydrogen-bond acceptors (Lipinski definition) is 3. The van der Waals surface area contributed by atoms with Crippen molar-refractivity contribution in [3.63, 3.8) is 0 Å². The Balaban J connectivity index is 2.50. The van der Waals surface area contributed by atoms with Crippen LogP contribution in [0.5, 0.6) is 0 Å². The topological polar surface area (TPSA) is 29.3 Å². The second-order valence-corrected chi connectivity index (χ2v) is 7.09. The molecule has 92 valence electrons. The van der Waals surface area contributed by atoms with Crippen LogP contribution in [0, 0.1) is 5.41 Å². The van der Waals surface area contributed by atoms with Gasteiger partial charge < -0.3 is 10.6 Å². The second-order valence-electron chi connectivity index (χ2n) is 4.80. The van der Waals surface area contributed by atoms with Crippen LogP contribution in [0.25, 0.3) is 0 Å². The van der Waals surface area contributed by atoms with Crippen LogP contribution < -0.4 is 5.73 Å². The largest absolute Gasteiger partial charge is 0.330 e. The molecular formula is C12H21BrN2S.